The summed E-state index contributed by atoms with van der Waals surface area (Å²) in [4.78, 5) is 21.7. The molecular formula is C24H19Cl2F2N7O. The highest BCUT2D eigenvalue weighted by atomic mass is 35.5. The van der Waals surface area contributed by atoms with Crippen LogP contribution in [0.2, 0.25) is 10.0 Å². The Morgan fingerprint density at radius 3 is 2.58 bits per heavy atom. The molecule has 0 unspecified atom stereocenters. The molecule has 0 radical (unpaired) electrons. The molecule has 1 aromatic carbocycles. The molecule has 1 saturated carbocycles. The van der Waals surface area contributed by atoms with Crippen molar-refractivity contribution in [1.82, 2.24) is 34.8 Å². The van der Waals surface area contributed by atoms with E-state index in [4.69, 9.17) is 23.2 Å². The van der Waals surface area contributed by atoms with Gasteiger partial charge in [0.2, 0.25) is 5.91 Å². The van der Waals surface area contributed by atoms with Crippen LogP contribution in [0.25, 0.3) is 33.3 Å². The molecule has 0 atom stereocenters. The zero-order valence-corrected chi connectivity index (χ0v) is 20.3. The van der Waals surface area contributed by atoms with Gasteiger partial charge in [-0.1, -0.05) is 29.8 Å². The number of alkyl halides is 2. The molecule has 36 heavy (non-hydrogen) atoms. The number of halogens is 4. The SMILES string of the molecule is C=CC(=O)N1CC2(CC(n3nc(-c4cncnc4)c(-c4c(Cl)c(Cl)cc5[nH]ncc45)c3C(F)F)C2)C1. The van der Waals surface area contributed by atoms with Gasteiger partial charge in [0.1, 0.15) is 17.7 Å². The van der Waals surface area contributed by atoms with Crippen molar-refractivity contribution < 1.29 is 13.6 Å². The Bertz CT molecular complexity index is 1500. The number of benzene rings is 1. The predicted molar refractivity (Wildman–Crippen MR) is 131 cm³/mol. The van der Waals surface area contributed by atoms with Crippen molar-refractivity contribution in [1.29, 1.82) is 0 Å². The van der Waals surface area contributed by atoms with Crippen LogP contribution in [0.3, 0.4) is 0 Å². The third-order valence-electron chi connectivity index (χ3n) is 7.10. The number of amides is 1. The van der Waals surface area contributed by atoms with Crippen molar-refractivity contribution in [3.05, 3.63) is 59.4 Å². The highest BCUT2D eigenvalue weighted by molar-refractivity contribution is 6.45. The minimum atomic E-state index is -2.85. The van der Waals surface area contributed by atoms with Gasteiger partial charge in [-0.05, 0) is 25.0 Å². The van der Waals surface area contributed by atoms with Gasteiger partial charge in [0, 0.05) is 53.0 Å². The number of likely N-dealkylation sites (tertiary alicyclic amines) is 1. The van der Waals surface area contributed by atoms with Gasteiger partial charge in [-0.3, -0.25) is 14.6 Å². The number of aromatic nitrogens is 6. The topological polar surface area (TPSA) is 92.6 Å². The second kappa shape index (κ2) is 8.35. The molecule has 1 N–H and O–H groups in total. The number of nitrogens with zero attached hydrogens (tertiary/aromatic N) is 6. The highest BCUT2D eigenvalue weighted by Gasteiger charge is 2.55. The Morgan fingerprint density at radius 2 is 1.92 bits per heavy atom. The molecule has 4 aromatic rings. The first-order valence-corrected chi connectivity index (χ1v) is 12.0. The Labute approximate surface area is 213 Å². The summed E-state index contributed by atoms with van der Waals surface area (Å²) in [6, 6.07) is 1.35. The van der Waals surface area contributed by atoms with E-state index in [2.05, 4.69) is 31.8 Å². The lowest BCUT2D eigenvalue weighted by atomic mass is 9.60. The van der Waals surface area contributed by atoms with Gasteiger partial charge in [-0.25, -0.2) is 18.7 Å². The van der Waals surface area contributed by atoms with Crippen LogP contribution in [0.4, 0.5) is 8.78 Å². The molecule has 1 aliphatic carbocycles. The van der Waals surface area contributed by atoms with Gasteiger partial charge in [0.15, 0.2) is 0 Å². The van der Waals surface area contributed by atoms with Crippen LogP contribution in [0.15, 0.2) is 43.6 Å². The molecular weight excluding hydrogens is 511 g/mol. The van der Waals surface area contributed by atoms with Crippen LogP contribution in [0.1, 0.15) is 31.0 Å². The molecule has 4 heterocycles. The Kier molecular flexibility index (Phi) is 5.34. The van der Waals surface area contributed by atoms with Gasteiger partial charge < -0.3 is 4.90 Å². The average molecular weight is 530 g/mol. The van der Waals surface area contributed by atoms with E-state index in [9.17, 15) is 13.6 Å². The van der Waals surface area contributed by atoms with Crippen molar-refractivity contribution in [2.24, 2.45) is 5.41 Å². The van der Waals surface area contributed by atoms with Crippen molar-refractivity contribution >= 4 is 40.0 Å². The first-order valence-electron chi connectivity index (χ1n) is 11.2. The summed E-state index contributed by atoms with van der Waals surface area (Å²) in [5.41, 5.74) is 1.49. The van der Waals surface area contributed by atoms with Gasteiger partial charge in [-0.2, -0.15) is 10.2 Å². The molecule has 6 rings (SSSR count). The van der Waals surface area contributed by atoms with Crippen LogP contribution >= 0.6 is 23.2 Å². The number of aromatic amines is 1. The van der Waals surface area contributed by atoms with E-state index >= 15 is 0 Å². The molecule has 1 aliphatic heterocycles. The second-order valence-corrected chi connectivity index (χ2v) is 10.1. The maximum atomic E-state index is 14.8. The van der Waals surface area contributed by atoms with Crippen molar-refractivity contribution in [3.8, 4) is 22.4 Å². The van der Waals surface area contributed by atoms with E-state index < -0.39 is 6.43 Å². The normalized spacial score (nSPS) is 17.0. The highest BCUT2D eigenvalue weighted by Crippen LogP contribution is 2.56. The zero-order chi connectivity index (χ0) is 25.2. The molecule has 1 saturated heterocycles. The number of fused-ring (bicyclic) bond motifs is 1. The lowest BCUT2D eigenvalue weighted by Gasteiger charge is -2.58. The van der Waals surface area contributed by atoms with E-state index in [1.807, 2.05) is 0 Å². The monoisotopic (exact) mass is 529 g/mol. The largest absolute Gasteiger partial charge is 0.338 e. The molecule has 1 spiro atoms. The summed E-state index contributed by atoms with van der Waals surface area (Å²) in [6.45, 7) is 4.69. The average Bonchev–Trinajstić information content (AvgIpc) is 3.43. The predicted octanol–water partition coefficient (Wildman–Crippen LogP) is 5.48. The Morgan fingerprint density at radius 1 is 1.19 bits per heavy atom. The van der Waals surface area contributed by atoms with Crippen molar-refractivity contribution in [2.75, 3.05) is 13.1 Å². The molecule has 0 bridgehead atoms. The lowest BCUT2D eigenvalue weighted by molar-refractivity contribution is -0.149. The van der Waals surface area contributed by atoms with Crippen LogP contribution in [-0.4, -0.2) is 53.8 Å². The third kappa shape index (κ3) is 3.42. The number of hydrogen-bond acceptors (Lipinski definition) is 5. The fourth-order valence-electron chi connectivity index (χ4n) is 5.50. The fraction of sp³-hybridized carbons (Fsp3) is 0.292. The lowest BCUT2D eigenvalue weighted by Crippen LogP contribution is -2.63. The molecule has 1 amide bonds. The molecule has 2 aliphatic rings. The quantitative estimate of drug-likeness (QED) is 0.345. The fourth-order valence-corrected chi connectivity index (χ4v) is 5.96. The maximum Gasteiger partial charge on any atom is 0.280 e. The van der Waals surface area contributed by atoms with E-state index in [1.54, 1.807) is 11.0 Å². The number of H-pyrrole nitrogens is 1. The minimum Gasteiger partial charge on any atom is -0.338 e. The van der Waals surface area contributed by atoms with Crippen LogP contribution in [0, 0.1) is 5.41 Å². The standard InChI is InChI=1S/C24H19Cl2F2N7O/c1-2-17(36)34-9-24(10-34)4-13(5-24)35-22(23(27)28)19(21(33-35)12-6-29-11-30-7-12)18-14-8-31-32-16(14)3-15(25)20(18)26/h2-3,6-8,11,13,23H,1,4-5,9-10H2,(H,31,32). The summed E-state index contributed by atoms with van der Waals surface area (Å²) in [6.07, 6.45) is 5.64. The van der Waals surface area contributed by atoms with Gasteiger partial charge in [0.05, 0.1) is 27.8 Å². The zero-order valence-electron chi connectivity index (χ0n) is 18.8. The van der Waals surface area contributed by atoms with E-state index in [1.165, 1.54) is 35.7 Å². The van der Waals surface area contributed by atoms with Crippen LogP contribution < -0.4 is 0 Å². The third-order valence-corrected chi connectivity index (χ3v) is 7.89. The van der Waals surface area contributed by atoms with E-state index in [0.29, 0.717) is 48.0 Å². The number of carbonyl (C=O) groups is 1. The maximum absolute atomic E-state index is 14.8. The summed E-state index contributed by atoms with van der Waals surface area (Å²) >= 11 is 13.0. The molecule has 3 aromatic heterocycles. The van der Waals surface area contributed by atoms with Gasteiger partial charge >= 0.3 is 0 Å². The summed E-state index contributed by atoms with van der Waals surface area (Å²) in [5, 5.41) is 12.5. The van der Waals surface area contributed by atoms with Crippen molar-refractivity contribution in [3.63, 3.8) is 0 Å². The number of nitrogens with one attached hydrogen (secondary N) is 1. The van der Waals surface area contributed by atoms with Crippen LogP contribution in [-0.2, 0) is 4.79 Å². The summed E-state index contributed by atoms with van der Waals surface area (Å²) in [5.74, 6) is -0.121. The first kappa shape index (κ1) is 23.1. The minimum absolute atomic E-state index is 0.0869. The Hall–Kier alpha value is -3.37. The van der Waals surface area contributed by atoms with Gasteiger partial charge in [0.25, 0.3) is 6.43 Å². The van der Waals surface area contributed by atoms with Crippen molar-refractivity contribution in [2.45, 2.75) is 25.3 Å². The molecule has 12 heteroatoms. The number of rotatable bonds is 5. The second-order valence-electron chi connectivity index (χ2n) is 9.32. The van der Waals surface area contributed by atoms with Crippen LogP contribution in [0.5, 0.6) is 0 Å². The summed E-state index contributed by atoms with van der Waals surface area (Å²) < 4.78 is 31.1. The van der Waals surface area contributed by atoms with E-state index in [0.717, 1.165) is 0 Å². The smallest absolute Gasteiger partial charge is 0.280 e. The first-order chi connectivity index (χ1) is 17.3. The summed E-state index contributed by atoms with van der Waals surface area (Å²) in [7, 11) is 0. The molecule has 8 nitrogen and oxygen atoms in total. The Balaban J connectivity index is 1.50. The number of hydrogen-bond donors (Lipinski definition) is 1. The number of carbonyl (C=O) groups excluding carboxylic acids is 1. The molecule has 184 valence electrons. The molecule has 2 fully saturated rings. The van der Waals surface area contributed by atoms with Gasteiger partial charge in [-0.15, -0.1) is 0 Å². The van der Waals surface area contributed by atoms with E-state index in [-0.39, 0.29) is 44.4 Å².